The van der Waals surface area contributed by atoms with Crippen LogP contribution in [-0.4, -0.2) is 6.04 Å². The summed E-state index contributed by atoms with van der Waals surface area (Å²) in [5.41, 5.74) is 1.10. The summed E-state index contributed by atoms with van der Waals surface area (Å²) in [4.78, 5) is 0. The molecule has 0 saturated heterocycles. The Bertz CT molecular complexity index is 405. The van der Waals surface area contributed by atoms with E-state index >= 15 is 0 Å². The molecule has 0 aromatic heterocycles. The van der Waals surface area contributed by atoms with Crippen molar-refractivity contribution in [3.63, 3.8) is 0 Å². The second kappa shape index (κ2) is 6.27. The van der Waals surface area contributed by atoms with Crippen molar-refractivity contribution in [1.29, 1.82) is 0 Å². The van der Waals surface area contributed by atoms with Crippen molar-refractivity contribution < 1.29 is 0 Å². The molecule has 1 aliphatic carbocycles. The number of hydrogen-bond donors (Lipinski definition) is 1. The largest absolute Gasteiger partial charge is 0.307 e. The molecular formula is C15H21Cl2N. The van der Waals surface area contributed by atoms with E-state index in [-0.39, 0.29) is 6.04 Å². The van der Waals surface area contributed by atoms with Crippen LogP contribution in [0, 0.1) is 5.92 Å². The van der Waals surface area contributed by atoms with Gasteiger partial charge in [0.25, 0.3) is 0 Å². The Morgan fingerprint density at radius 3 is 2.67 bits per heavy atom. The van der Waals surface area contributed by atoms with Crippen LogP contribution in [0.25, 0.3) is 0 Å². The first kappa shape index (κ1) is 14.2. The van der Waals surface area contributed by atoms with E-state index in [1.165, 1.54) is 25.7 Å². The Hall–Kier alpha value is -0.240. The van der Waals surface area contributed by atoms with Gasteiger partial charge in [-0.2, -0.15) is 0 Å². The van der Waals surface area contributed by atoms with Crippen molar-refractivity contribution in [2.24, 2.45) is 5.92 Å². The van der Waals surface area contributed by atoms with E-state index in [0.29, 0.717) is 16.1 Å². The van der Waals surface area contributed by atoms with Crippen molar-refractivity contribution in [3.05, 3.63) is 33.8 Å². The molecule has 1 nitrogen and oxygen atoms in total. The molecule has 0 aliphatic heterocycles. The fourth-order valence-electron chi connectivity index (χ4n) is 2.83. The summed E-state index contributed by atoms with van der Waals surface area (Å²) < 4.78 is 0. The number of rotatable bonds is 3. The molecule has 1 aromatic rings. The second-order valence-corrected chi connectivity index (χ2v) is 6.18. The smallest absolute Gasteiger partial charge is 0.0639 e. The number of nitrogens with one attached hydrogen (secondary N) is 1. The molecule has 1 saturated carbocycles. The van der Waals surface area contributed by atoms with Crippen molar-refractivity contribution >= 4 is 23.2 Å². The predicted molar refractivity (Wildman–Crippen MR) is 79.4 cm³/mol. The molecular weight excluding hydrogens is 265 g/mol. The zero-order valence-electron chi connectivity index (χ0n) is 11.0. The molecule has 3 unspecified atom stereocenters. The maximum Gasteiger partial charge on any atom is 0.0639 e. The summed E-state index contributed by atoms with van der Waals surface area (Å²) in [6.45, 7) is 4.50. The second-order valence-electron chi connectivity index (χ2n) is 5.40. The zero-order valence-corrected chi connectivity index (χ0v) is 12.6. The van der Waals surface area contributed by atoms with Crippen LogP contribution >= 0.6 is 23.2 Å². The van der Waals surface area contributed by atoms with E-state index in [9.17, 15) is 0 Å². The van der Waals surface area contributed by atoms with Gasteiger partial charge in [0.2, 0.25) is 0 Å². The van der Waals surface area contributed by atoms with Gasteiger partial charge in [-0.05, 0) is 37.3 Å². The summed E-state index contributed by atoms with van der Waals surface area (Å²) >= 11 is 12.3. The third-order valence-electron chi connectivity index (χ3n) is 4.02. The van der Waals surface area contributed by atoms with E-state index in [1.54, 1.807) is 0 Å². The minimum atomic E-state index is 0.252. The Balaban J connectivity index is 2.07. The Morgan fingerprint density at radius 2 is 1.94 bits per heavy atom. The highest BCUT2D eigenvalue weighted by atomic mass is 35.5. The number of halogens is 2. The molecule has 18 heavy (non-hydrogen) atoms. The Kier molecular flexibility index (Phi) is 4.94. The lowest BCUT2D eigenvalue weighted by atomic mass is 9.85. The summed E-state index contributed by atoms with van der Waals surface area (Å²) in [6.07, 6.45) is 5.29. The van der Waals surface area contributed by atoms with Crippen LogP contribution in [0.4, 0.5) is 0 Å². The van der Waals surface area contributed by atoms with Gasteiger partial charge in [0.1, 0.15) is 0 Å². The average molecular weight is 286 g/mol. The maximum absolute atomic E-state index is 6.27. The van der Waals surface area contributed by atoms with E-state index in [4.69, 9.17) is 23.2 Å². The van der Waals surface area contributed by atoms with Crippen LogP contribution in [-0.2, 0) is 0 Å². The molecule has 1 fully saturated rings. The SMILES string of the molecule is CC(NC1CCCCC1C)c1cccc(Cl)c1Cl. The summed E-state index contributed by atoms with van der Waals surface area (Å²) in [6, 6.07) is 6.71. The molecule has 3 heteroatoms. The van der Waals surface area contributed by atoms with Crippen molar-refractivity contribution in [2.75, 3.05) is 0 Å². The first-order valence-electron chi connectivity index (χ1n) is 6.79. The third-order valence-corrected chi connectivity index (χ3v) is 4.86. The highest BCUT2D eigenvalue weighted by molar-refractivity contribution is 6.42. The molecule has 2 rings (SSSR count). The van der Waals surface area contributed by atoms with Crippen molar-refractivity contribution in [3.8, 4) is 0 Å². The topological polar surface area (TPSA) is 12.0 Å². The van der Waals surface area contributed by atoms with E-state index in [0.717, 1.165) is 11.5 Å². The van der Waals surface area contributed by atoms with E-state index < -0.39 is 0 Å². The lowest BCUT2D eigenvalue weighted by Crippen LogP contribution is -2.38. The average Bonchev–Trinajstić information content (AvgIpc) is 2.35. The van der Waals surface area contributed by atoms with Crippen LogP contribution in [0.2, 0.25) is 10.0 Å². The van der Waals surface area contributed by atoms with Gasteiger partial charge in [-0.15, -0.1) is 0 Å². The molecule has 100 valence electrons. The van der Waals surface area contributed by atoms with Gasteiger partial charge in [-0.1, -0.05) is 55.1 Å². The van der Waals surface area contributed by atoms with Gasteiger partial charge < -0.3 is 5.32 Å². The quantitative estimate of drug-likeness (QED) is 0.803. The van der Waals surface area contributed by atoms with Crippen molar-refractivity contribution in [2.45, 2.75) is 51.6 Å². The number of benzene rings is 1. The van der Waals surface area contributed by atoms with Crippen LogP contribution < -0.4 is 5.32 Å². The molecule has 3 atom stereocenters. The van der Waals surface area contributed by atoms with Gasteiger partial charge in [0.15, 0.2) is 0 Å². The lowest BCUT2D eigenvalue weighted by Gasteiger charge is -2.32. The fourth-order valence-corrected chi connectivity index (χ4v) is 3.30. The van der Waals surface area contributed by atoms with Gasteiger partial charge >= 0.3 is 0 Å². The molecule has 1 N–H and O–H groups in total. The van der Waals surface area contributed by atoms with E-state index in [2.05, 4.69) is 25.2 Å². The van der Waals surface area contributed by atoms with Gasteiger partial charge in [0, 0.05) is 12.1 Å². The third kappa shape index (κ3) is 3.20. The van der Waals surface area contributed by atoms with Crippen LogP contribution in [0.15, 0.2) is 18.2 Å². The standard InChI is InChI=1S/C15H21Cl2N/c1-10-6-3-4-9-14(10)18-11(2)12-7-5-8-13(16)15(12)17/h5,7-8,10-11,14,18H,3-4,6,9H2,1-2H3. The predicted octanol–water partition coefficient (Wildman–Crippen LogP) is 5.22. The monoisotopic (exact) mass is 285 g/mol. The summed E-state index contributed by atoms with van der Waals surface area (Å²) in [5.74, 6) is 0.749. The minimum absolute atomic E-state index is 0.252. The van der Waals surface area contributed by atoms with Crippen LogP contribution in [0.1, 0.15) is 51.1 Å². The van der Waals surface area contributed by atoms with E-state index in [1.807, 2.05) is 12.1 Å². The Labute approximate surface area is 120 Å². The zero-order chi connectivity index (χ0) is 13.1. The molecule has 0 amide bonds. The lowest BCUT2D eigenvalue weighted by molar-refractivity contribution is 0.263. The van der Waals surface area contributed by atoms with Gasteiger partial charge in [-0.25, -0.2) is 0 Å². The summed E-state index contributed by atoms with van der Waals surface area (Å²) in [5, 5.41) is 5.03. The maximum atomic E-state index is 6.27. The normalized spacial score (nSPS) is 26.0. The molecule has 0 bridgehead atoms. The van der Waals surface area contributed by atoms with Crippen molar-refractivity contribution in [1.82, 2.24) is 5.32 Å². The van der Waals surface area contributed by atoms with Gasteiger partial charge in [0.05, 0.1) is 10.0 Å². The minimum Gasteiger partial charge on any atom is -0.307 e. The highest BCUT2D eigenvalue weighted by Gasteiger charge is 2.23. The molecule has 0 heterocycles. The first-order chi connectivity index (χ1) is 8.59. The highest BCUT2D eigenvalue weighted by Crippen LogP contribution is 2.32. The van der Waals surface area contributed by atoms with Crippen LogP contribution in [0.5, 0.6) is 0 Å². The number of hydrogen-bond acceptors (Lipinski definition) is 1. The molecule has 0 radical (unpaired) electrons. The summed E-state index contributed by atoms with van der Waals surface area (Å²) in [7, 11) is 0. The molecule has 1 aliphatic rings. The van der Waals surface area contributed by atoms with Gasteiger partial charge in [-0.3, -0.25) is 0 Å². The molecule has 1 aromatic carbocycles. The first-order valence-corrected chi connectivity index (χ1v) is 7.55. The van der Waals surface area contributed by atoms with Crippen LogP contribution in [0.3, 0.4) is 0 Å². The Morgan fingerprint density at radius 1 is 1.22 bits per heavy atom. The fraction of sp³-hybridized carbons (Fsp3) is 0.600. The molecule has 0 spiro atoms.